The summed E-state index contributed by atoms with van der Waals surface area (Å²) in [5, 5.41) is 10.6. The third kappa shape index (κ3) is 2.29. The van der Waals surface area contributed by atoms with Crippen LogP contribution in [0, 0.1) is 0 Å². The van der Waals surface area contributed by atoms with Crippen molar-refractivity contribution in [3.63, 3.8) is 0 Å². The number of pyridine rings is 1. The van der Waals surface area contributed by atoms with E-state index in [1.165, 1.54) is 16.7 Å². The molecule has 0 aliphatic rings. The molecule has 2 rings (SSSR count). The zero-order valence-corrected chi connectivity index (χ0v) is 8.27. The monoisotopic (exact) mass is 222 g/mol. The van der Waals surface area contributed by atoms with Crippen molar-refractivity contribution in [1.29, 1.82) is 0 Å². The smallest absolute Gasteiger partial charge is 0.449 e. The molecule has 0 spiro atoms. The molecule has 15 heavy (non-hydrogen) atoms. The number of hydrogen-bond acceptors (Lipinski definition) is 5. The molecule has 0 aliphatic carbocycles. The molecular weight excluding hydrogens is 216 g/mol. The van der Waals surface area contributed by atoms with E-state index in [9.17, 15) is 4.79 Å². The summed E-state index contributed by atoms with van der Waals surface area (Å²) in [4.78, 5) is 18.2. The normalized spacial score (nSPS) is 9.87. The van der Waals surface area contributed by atoms with Gasteiger partial charge in [0.05, 0.1) is 5.38 Å². The zero-order chi connectivity index (χ0) is 10.7. The van der Waals surface area contributed by atoms with Gasteiger partial charge in [0.25, 0.3) is 0 Å². The molecule has 0 aromatic carbocycles. The Kier molecular flexibility index (Phi) is 2.59. The van der Waals surface area contributed by atoms with Crippen LogP contribution in [0.1, 0.15) is 0 Å². The van der Waals surface area contributed by atoms with Crippen molar-refractivity contribution in [1.82, 2.24) is 9.97 Å². The van der Waals surface area contributed by atoms with Gasteiger partial charge in [0.15, 0.2) is 0 Å². The molecule has 0 aliphatic heterocycles. The Morgan fingerprint density at radius 3 is 3.07 bits per heavy atom. The molecule has 0 unspecified atom stereocenters. The number of ether oxygens (including phenoxy) is 1. The summed E-state index contributed by atoms with van der Waals surface area (Å²) < 4.78 is 4.41. The summed E-state index contributed by atoms with van der Waals surface area (Å²) >= 11 is 1.31. The first-order chi connectivity index (χ1) is 7.25. The number of rotatable bonds is 2. The molecule has 76 valence electrons. The van der Waals surface area contributed by atoms with E-state index in [2.05, 4.69) is 14.7 Å². The molecule has 0 saturated heterocycles. The number of hydrogen-bond donors (Lipinski definition) is 1. The number of carboxylic acid groups (broad SMARTS) is 1. The molecule has 2 aromatic heterocycles. The van der Waals surface area contributed by atoms with Gasteiger partial charge in [0.1, 0.15) is 5.01 Å². The fourth-order valence-electron chi connectivity index (χ4n) is 1.02. The van der Waals surface area contributed by atoms with E-state index < -0.39 is 6.16 Å². The van der Waals surface area contributed by atoms with Crippen LogP contribution in [0.5, 0.6) is 5.88 Å². The largest absolute Gasteiger partial charge is 0.512 e. The highest BCUT2D eigenvalue weighted by molar-refractivity contribution is 7.13. The van der Waals surface area contributed by atoms with Crippen LogP contribution in [0.3, 0.4) is 0 Å². The molecule has 1 N–H and O–H groups in total. The standard InChI is InChI=1S/C9H6N2O3S/c12-9(13)14-7-5-15-8(11-7)6-2-1-3-10-4-6/h1-5H,(H,12,13). The quantitative estimate of drug-likeness (QED) is 0.789. The third-order valence-corrected chi connectivity index (χ3v) is 2.45. The van der Waals surface area contributed by atoms with Gasteiger partial charge >= 0.3 is 6.16 Å². The highest BCUT2D eigenvalue weighted by Crippen LogP contribution is 2.26. The Labute approximate surface area is 89.0 Å². The van der Waals surface area contributed by atoms with Crippen LogP contribution >= 0.6 is 11.3 Å². The summed E-state index contributed by atoms with van der Waals surface area (Å²) in [6.07, 6.45) is 1.95. The minimum atomic E-state index is -1.36. The van der Waals surface area contributed by atoms with E-state index >= 15 is 0 Å². The summed E-state index contributed by atoms with van der Waals surface area (Å²) in [6.45, 7) is 0. The predicted molar refractivity (Wildman–Crippen MR) is 54.0 cm³/mol. The van der Waals surface area contributed by atoms with Gasteiger partial charge < -0.3 is 9.84 Å². The number of carbonyl (C=O) groups is 1. The highest BCUT2D eigenvalue weighted by Gasteiger charge is 2.07. The molecule has 0 fully saturated rings. The minimum absolute atomic E-state index is 0.0892. The molecule has 0 bridgehead atoms. The van der Waals surface area contributed by atoms with Gasteiger partial charge in [-0.3, -0.25) is 4.98 Å². The fraction of sp³-hybridized carbons (Fsp3) is 0. The summed E-state index contributed by atoms with van der Waals surface area (Å²) in [6, 6.07) is 3.63. The molecule has 0 radical (unpaired) electrons. The van der Waals surface area contributed by atoms with Crippen molar-refractivity contribution < 1.29 is 14.6 Å². The van der Waals surface area contributed by atoms with Gasteiger partial charge in [-0.25, -0.2) is 9.78 Å². The topological polar surface area (TPSA) is 72.3 Å². The fourth-order valence-corrected chi connectivity index (χ4v) is 1.73. The molecule has 2 aromatic rings. The Hall–Kier alpha value is -1.95. The van der Waals surface area contributed by atoms with Gasteiger partial charge in [-0.15, -0.1) is 11.3 Å². The second-order valence-corrected chi connectivity index (χ2v) is 3.46. The summed E-state index contributed by atoms with van der Waals surface area (Å²) in [7, 11) is 0. The molecule has 0 saturated carbocycles. The lowest BCUT2D eigenvalue weighted by Gasteiger charge is -1.93. The Morgan fingerprint density at radius 1 is 1.53 bits per heavy atom. The number of nitrogens with zero attached hydrogens (tertiary/aromatic N) is 2. The van der Waals surface area contributed by atoms with Crippen molar-refractivity contribution in [2.24, 2.45) is 0 Å². The minimum Gasteiger partial charge on any atom is -0.449 e. The van der Waals surface area contributed by atoms with Crippen LogP contribution in [0.2, 0.25) is 0 Å². The summed E-state index contributed by atoms with van der Waals surface area (Å²) in [5.41, 5.74) is 0.836. The average Bonchev–Trinajstić information content (AvgIpc) is 2.67. The second kappa shape index (κ2) is 4.05. The van der Waals surface area contributed by atoms with Crippen molar-refractivity contribution in [2.75, 3.05) is 0 Å². The Bertz CT molecular complexity index is 469. The zero-order valence-electron chi connectivity index (χ0n) is 7.45. The van der Waals surface area contributed by atoms with E-state index in [-0.39, 0.29) is 5.88 Å². The third-order valence-electron chi connectivity index (χ3n) is 1.58. The lowest BCUT2D eigenvalue weighted by atomic mass is 10.3. The maximum Gasteiger partial charge on any atom is 0.512 e. The first-order valence-corrected chi connectivity index (χ1v) is 4.90. The van der Waals surface area contributed by atoms with Crippen LogP contribution in [-0.2, 0) is 0 Å². The molecule has 0 amide bonds. The van der Waals surface area contributed by atoms with Gasteiger partial charge in [-0.2, -0.15) is 0 Å². The van der Waals surface area contributed by atoms with Crippen LogP contribution in [0.4, 0.5) is 4.79 Å². The van der Waals surface area contributed by atoms with Gasteiger partial charge in [0.2, 0.25) is 5.88 Å². The number of thiazole rings is 1. The molecule has 6 heteroatoms. The number of aromatic nitrogens is 2. The SMILES string of the molecule is O=C(O)Oc1csc(-c2cccnc2)n1. The van der Waals surface area contributed by atoms with Crippen LogP contribution in [0.25, 0.3) is 10.6 Å². The van der Waals surface area contributed by atoms with Crippen LogP contribution < -0.4 is 4.74 Å². The van der Waals surface area contributed by atoms with Crippen molar-refractivity contribution in [2.45, 2.75) is 0 Å². The van der Waals surface area contributed by atoms with E-state index in [4.69, 9.17) is 5.11 Å². The van der Waals surface area contributed by atoms with E-state index in [0.717, 1.165) is 5.56 Å². The average molecular weight is 222 g/mol. The van der Waals surface area contributed by atoms with Crippen LogP contribution in [0.15, 0.2) is 29.9 Å². The molecule has 0 atom stereocenters. The van der Waals surface area contributed by atoms with Crippen LogP contribution in [-0.4, -0.2) is 21.2 Å². The molecule has 5 nitrogen and oxygen atoms in total. The van der Waals surface area contributed by atoms with Crippen molar-refractivity contribution >= 4 is 17.5 Å². The Morgan fingerprint density at radius 2 is 2.40 bits per heavy atom. The van der Waals surface area contributed by atoms with Gasteiger partial charge in [0, 0.05) is 18.0 Å². The maximum atomic E-state index is 10.2. The van der Waals surface area contributed by atoms with Gasteiger partial charge in [-0.05, 0) is 12.1 Å². The van der Waals surface area contributed by atoms with Gasteiger partial charge in [-0.1, -0.05) is 0 Å². The molecular formula is C9H6N2O3S. The lowest BCUT2D eigenvalue weighted by molar-refractivity contribution is 0.143. The highest BCUT2D eigenvalue weighted by atomic mass is 32.1. The predicted octanol–water partition coefficient (Wildman–Crippen LogP) is 2.26. The lowest BCUT2D eigenvalue weighted by Crippen LogP contribution is -2.02. The maximum absolute atomic E-state index is 10.2. The van der Waals surface area contributed by atoms with E-state index in [1.807, 2.05) is 6.07 Å². The first-order valence-electron chi connectivity index (χ1n) is 4.02. The second-order valence-electron chi connectivity index (χ2n) is 2.60. The Balaban J connectivity index is 2.24. The first kappa shape index (κ1) is 9.60. The van der Waals surface area contributed by atoms with E-state index in [0.29, 0.717) is 5.01 Å². The molecule has 2 heterocycles. The van der Waals surface area contributed by atoms with Crippen molar-refractivity contribution in [3.8, 4) is 16.5 Å². The van der Waals surface area contributed by atoms with Crippen molar-refractivity contribution in [3.05, 3.63) is 29.9 Å². The van der Waals surface area contributed by atoms with E-state index in [1.54, 1.807) is 18.5 Å². The summed E-state index contributed by atoms with van der Waals surface area (Å²) in [5.74, 6) is 0.0892.